The van der Waals surface area contributed by atoms with Gasteiger partial charge in [0.2, 0.25) is 5.95 Å². The quantitative estimate of drug-likeness (QED) is 0.186. The summed E-state index contributed by atoms with van der Waals surface area (Å²) in [6.07, 6.45) is 6.16. The minimum absolute atomic E-state index is 0.190. The average Bonchev–Trinajstić information content (AvgIpc) is 3.43. The molecule has 2 amide bonds. The third-order valence-electron chi connectivity index (χ3n) is 7.40. The van der Waals surface area contributed by atoms with Crippen molar-refractivity contribution in [3.05, 3.63) is 102 Å². The smallest absolute Gasteiger partial charge is 0.324 e. The fraction of sp³-hybridized carbons (Fsp3) is 0.242. The zero-order valence-corrected chi connectivity index (χ0v) is 24.8. The van der Waals surface area contributed by atoms with Crippen molar-refractivity contribution in [1.82, 2.24) is 30.0 Å². The van der Waals surface area contributed by atoms with E-state index in [2.05, 4.69) is 75.2 Å². The maximum atomic E-state index is 13.3. The first-order chi connectivity index (χ1) is 20.7. The molecule has 4 N–H and O–H groups in total. The van der Waals surface area contributed by atoms with Gasteiger partial charge in [-0.25, -0.2) is 19.4 Å². The molecule has 0 radical (unpaired) electrons. The Kier molecular flexibility index (Phi) is 7.60. The van der Waals surface area contributed by atoms with E-state index < -0.39 is 0 Å². The summed E-state index contributed by atoms with van der Waals surface area (Å²) in [5.41, 5.74) is 8.26. The zero-order valence-electron chi connectivity index (χ0n) is 24.8. The Morgan fingerprint density at radius 1 is 0.977 bits per heavy atom. The molecule has 2 aromatic carbocycles. The van der Waals surface area contributed by atoms with Crippen LogP contribution in [0.5, 0.6) is 0 Å². The van der Waals surface area contributed by atoms with E-state index in [1.165, 1.54) is 11.1 Å². The second-order valence-electron chi connectivity index (χ2n) is 11.7. The number of urea groups is 1. The number of hydrogen-bond acceptors (Lipinski definition) is 7. The number of carbonyl (C=O) groups excluding carboxylic acids is 1. The van der Waals surface area contributed by atoms with Crippen LogP contribution in [0, 0.1) is 6.92 Å². The van der Waals surface area contributed by atoms with Crippen LogP contribution in [-0.2, 0) is 18.4 Å². The summed E-state index contributed by atoms with van der Waals surface area (Å²) in [7, 11) is 0. The molecule has 10 heteroatoms. The van der Waals surface area contributed by atoms with Gasteiger partial charge in [-0.15, -0.1) is 0 Å². The Labute approximate surface area is 251 Å². The van der Waals surface area contributed by atoms with Crippen molar-refractivity contribution in [3.8, 4) is 16.9 Å². The van der Waals surface area contributed by atoms with Gasteiger partial charge in [0.15, 0.2) is 0 Å². The normalized spacial score (nSPS) is 12.8. The zero-order chi connectivity index (χ0) is 30.0. The van der Waals surface area contributed by atoms with E-state index in [0.717, 1.165) is 53.4 Å². The van der Waals surface area contributed by atoms with Crippen molar-refractivity contribution in [3.63, 3.8) is 0 Å². The number of amides is 2. The summed E-state index contributed by atoms with van der Waals surface area (Å²) in [5, 5.41) is 17.6. The molecule has 10 nitrogen and oxygen atoms in total. The first-order valence-corrected chi connectivity index (χ1v) is 14.4. The van der Waals surface area contributed by atoms with Crippen LogP contribution in [0.2, 0.25) is 0 Å². The van der Waals surface area contributed by atoms with Gasteiger partial charge in [0.1, 0.15) is 5.82 Å². The lowest BCUT2D eigenvalue weighted by Crippen LogP contribution is -2.24. The van der Waals surface area contributed by atoms with Crippen molar-refractivity contribution < 1.29 is 4.79 Å². The summed E-state index contributed by atoms with van der Waals surface area (Å²) in [6.45, 7) is 10.1. The van der Waals surface area contributed by atoms with Crippen molar-refractivity contribution in [2.24, 2.45) is 0 Å². The minimum Gasteiger partial charge on any atom is -0.324 e. The van der Waals surface area contributed by atoms with Crippen molar-refractivity contribution in [1.29, 1.82) is 0 Å². The van der Waals surface area contributed by atoms with Gasteiger partial charge in [-0.2, -0.15) is 5.10 Å². The Balaban J connectivity index is 1.21. The molecule has 0 bridgehead atoms. The van der Waals surface area contributed by atoms with E-state index >= 15 is 0 Å². The number of pyridine rings is 1. The lowest BCUT2D eigenvalue weighted by atomic mass is 9.92. The third-order valence-corrected chi connectivity index (χ3v) is 7.40. The van der Waals surface area contributed by atoms with E-state index in [1.54, 1.807) is 18.6 Å². The summed E-state index contributed by atoms with van der Waals surface area (Å²) in [5.74, 6) is 1.05. The number of anilines is 4. The molecule has 3 aromatic heterocycles. The van der Waals surface area contributed by atoms with E-state index in [1.807, 2.05) is 54.1 Å². The maximum absolute atomic E-state index is 13.3. The minimum atomic E-state index is -0.367. The highest BCUT2D eigenvalue weighted by Crippen LogP contribution is 2.29. The standard InChI is InChI=1S/C33H35N9O/c1-21-7-9-25(17-28(21)39-31-36-15-12-27(38-31)24-6-5-13-34-20-24)37-32(43)40-30-18-29(33(2,3)4)41-42(30)26-10-8-23-19-35-14-11-22(23)16-26/h5-10,12-13,15-18,20,35H,11,14,19H2,1-4H3,(H,36,38,39)(H2,37,40,43). The van der Waals surface area contributed by atoms with Crippen LogP contribution in [0.1, 0.15) is 43.2 Å². The number of nitrogens with zero attached hydrogens (tertiary/aromatic N) is 5. The second-order valence-corrected chi connectivity index (χ2v) is 11.7. The first kappa shape index (κ1) is 28.0. The molecule has 0 atom stereocenters. The molecule has 0 saturated heterocycles. The van der Waals surface area contributed by atoms with E-state index in [4.69, 9.17) is 5.10 Å². The van der Waals surface area contributed by atoms with Gasteiger partial charge in [-0.1, -0.05) is 32.9 Å². The highest BCUT2D eigenvalue weighted by atomic mass is 16.2. The Hall–Kier alpha value is -5.09. The summed E-state index contributed by atoms with van der Waals surface area (Å²) in [4.78, 5) is 26.5. The van der Waals surface area contributed by atoms with E-state index in [9.17, 15) is 4.79 Å². The van der Waals surface area contributed by atoms with Crippen molar-refractivity contribution in [2.45, 2.75) is 46.1 Å². The van der Waals surface area contributed by atoms with Crippen LogP contribution in [0.4, 0.5) is 27.9 Å². The van der Waals surface area contributed by atoms with Crippen LogP contribution in [0.3, 0.4) is 0 Å². The monoisotopic (exact) mass is 573 g/mol. The van der Waals surface area contributed by atoms with Crippen LogP contribution >= 0.6 is 0 Å². The van der Waals surface area contributed by atoms with Gasteiger partial charge in [0.25, 0.3) is 0 Å². The van der Waals surface area contributed by atoms with Crippen LogP contribution in [-0.4, -0.2) is 37.3 Å². The van der Waals surface area contributed by atoms with Gasteiger partial charge in [0.05, 0.1) is 17.1 Å². The van der Waals surface area contributed by atoms with Gasteiger partial charge in [0, 0.05) is 53.6 Å². The van der Waals surface area contributed by atoms with Gasteiger partial charge < -0.3 is 16.0 Å². The molecule has 4 heterocycles. The molecule has 1 aliphatic heterocycles. The first-order valence-electron chi connectivity index (χ1n) is 14.4. The Morgan fingerprint density at radius 3 is 2.67 bits per heavy atom. The molecule has 6 rings (SSSR count). The lowest BCUT2D eigenvalue weighted by Gasteiger charge is -2.19. The molecular weight excluding hydrogens is 538 g/mol. The topological polar surface area (TPSA) is 122 Å². The number of aromatic nitrogens is 5. The SMILES string of the molecule is Cc1ccc(NC(=O)Nc2cc(C(C)(C)C)nn2-c2ccc3c(c2)CCNC3)cc1Nc1nccc(-c2cccnc2)n1. The molecular formula is C33H35N9O. The van der Waals surface area contributed by atoms with E-state index in [0.29, 0.717) is 17.5 Å². The molecule has 0 spiro atoms. The predicted octanol–water partition coefficient (Wildman–Crippen LogP) is 6.36. The van der Waals surface area contributed by atoms with Crippen LogP contribution < -0.4 is 21.3 Å². The number of carbonyl (C=O) groups is 1. The molecule has 0 fully saturated rings. The highest BCUT2D eigenvalue weighted by Gasteiger charge is 2.22. The largest absolute Gasteiger partial charge is 0.324 e. The van der Waals surface area contributed by atoms with E-state index in [-0.39, 0.29) is 11.4 Å². The average molecular weight is 574 g/mol. The van der Waals surface area contributed by atoms with Crippen LogP contribution in [0.25, 0.3) is 16.9 Å². The number of rotatable bonds is 6. The number of nitrogens with one attached hydrogen (secondary N) is 4. The van der Waals surface area contributed by atoms with Gasteiger partial charge in [-0.05, 0) is 79.0 Å². The third kappa shape index (κ3) is 6.39. The molecule has 0 unspecified atom stereocenters. The summed E-state index contributed by atoms with van der Waals surface area (Å²) >= 11 is 0. The second kappa shape index (κ2) is 11.7. The Bertz CT molecular complexity index is 1770. The van der Waals surface area contributed by atoms with Crippen molar-refractivity contribution in [2.75, 3.05) is 22.5 Å². The Morgan fingerprint density at radius 2 is 1.86 bits per heavy atom. The van der Waals surface area contributed by atoms with Crippen LogP contribution in [0.15, 0.2) is 79.3 Å². The summed E-state index contributed by atoms with van der Waals surface area (Å²) < 4.78 is 1.82. The fourth-order valence-electron chi connectivity index (χ4n) is 4.96. The maximum Gasteiger partial charge on any atom is 0.324 e. The highest BCUT2D eigenvalue weighted by molar-refractivity contribution is 5.99. The number of hydrogen-bond donors (Lipinski definition) is 4. The number of fused-ring (bicyclic) bond motifs is 1. The van der Waals surface area contributed by atoms with Crippen molar-refractivity contribution >= 4 is 29.2 Å². The lowest BCUT2D eigenvalue weighted by molar-refractivity contribution is 0.262. The summed E-state index contributed by atoms with van der Waals surface area (Å²) in [6, 6.07) is 19.3. The number of aryl methyl sites for hydroxylation is 1. The fourth-order valence-corrected chi connectivity index (χ4v) is 4.96. The van der Waals surface area contributed by atoms with Gasteiger partial charge >= 0.3 is 6.03 Å². The molecule has 0 aliphatic carbocycles. The number of benzene rings is 2. The molecule has 0 saturated carbocycles. The molecule has 43 heavy (non-hydrogen) atoms. The molecule has 5 aromatic rings. The van der Waals surface area contributed by atoms with Gasteiger partial charge in [-0.3, -0.25) is 10.3 Å². The molecule has 1 aliphatic rings. The molecule has 218 valence electrons. The predicted molar refractivity (Wildman–Crippen MR) is 170 cm³/mol.